The second kappa shape index (κ2) is 8.17. The van der Waals surface area contributed by atoms with Crippen molar-refractivity contribution in [3.05, 3.63) is 41.7 Å². The molecular weight excluding hydrogens is 350 g/mol. The Morgan fingerprint density at radius 3 is 2.54 bits per heavy atom. The third-order valence-electron chi connectivity index (χ3n) is 5.61. The summed E-state index contributed by atoms with van der Waals surface area (Å²) in [7, 11) is 0. The number of carbonyl (C=O) groups is 1. The molecule has 6 nitrogen and oxygen atoms in total. The van der Waals surface area contributed by atoms with E-state index in [1.807, 2.05) is 24.0 Å². The molecule has 2 aliphatic heterocycles. The maximum absolute atomic E-state index is 12.9. The summed E-state index contributed by atoms with van der Waals surface area (Å²) in [5, 5.41) is 3.26. The molecule has 1 atom stereocenters. The van der Waals surface area contributed by atoms with Gasteiger partial charge in [0.25, 0.3) is 5.91 Å². The first-order valence-corrected chi connectivity index (χ1v) is 10.4. The molecule has 3 heterocycles. The van der Waals surface area contributed by atoms with Crippen molar-refractivity contribution in [2.75, 3.05) is 36.4 Å². The lowest BCUT2D eigenvalue weighted by atomic mass is 10.00. The van der Waals surface area contributed by atoms with Crippen molar-refractivity contribution in [3.8, 4) is 0 Å². The fraction of sp³-hybridized carbons (Fsp3) is 0.500. The van der Waals surface area contributed by atoms with Crippen molar-refractivity contribution in [2.45, 2.75) is 39.5 Å². The summed E-state index contributed by atoms with van der Waals surface area (Å²) in [6.45, 7) is 7.99. The third kappa shape index (κ3) is 4.26. The Morgan fingerprint density at radius 1 is 1.07 bits per heavy atom. The van der Waals surface area contributed by atoms with Crippen molar-refractivity contribution in [1.82, 2.24) is 14.9 Å². The Balaban J connectivity index is 1.48. The van der Waals surface area contributed by atoms with Crippen LogP contribution in [0.15, 0.2) is 30.3 Å². The van der Waals surface area contributed by atoms with E-state index in [0.717, 1.165) is 44.0 Å². The maximum atomic E-state index is 12.9. The number of amides is 1. The number of aryl methyl sites for hydroxylation is 1. The van der Waals surface area contributed by atoms with Crippen LogP contribution < -0.4 is 10.2 Å². The van der Waals surface area contributed by atoms with Gasteiger partial charge in [0.1, 0.15) is 5.69 Å². The van der Waals surface area contributed by atoms with Gasteiger partial charge in [-0.15, -0.1) is 0 Å². The Morgan fingerprint density at radius 2 is 1.82 bits per heavy atom. The van der Waals surface area contributed by atoms with Crippen LogP contribution >= 0.6 is 0 Å². The molecule has 28 heavy (non-hydrogen) atoms. The number of benzene rings is 1. The summed E-state index contributed by atoms with van der Waals surface area (Å²) in [5.41, 5.74) is 3.44. The molecule has 0 spiro atoms. The van der Waals surface area contributed by atoms with E-state index >= 15 is 0 Å². The van der Waals surface area contributed by atoms with E-state index in [1.54, 1.807) is 6.07 Å². The largest absolute Gasteiger partial charge is 0.372 e. The van der Waals surface area contributed by atoms with E-state index in [2.05, 4.69) is 39.2 Å². The third-order valence-corrected chi connectivity index (χ3v) is 5.61. The monoisotopic (exact) mass is 379 g/mol. The maximum Gasteiger partial charge on any atom is 0.272 e. The number of likely N-dealkylation sites (tertiary alicyclic amines) is 1. The predicted molar refractivity (Wildman–Crippen MR) is 112 cm³/mol. The second-order valence-corrected chi connectivity index (χ2v) is 8.08. The average molecular weight is 380 g/mol. The highest BCUT2D eigenvalue weighted by Crippen LogP contribution is 2.24. The van der Waals surface area contributed by atoms with Crippen molar-refractivity contribution in [2.24, 2.45) is 5.92 Å². The zero-order chi connectivity index (χ0) is 19.5. The van der Waals surface area contributed by atoms with Crippen molar-refractivity contribution in [1.29, 1.82) is 0 Å². The molecule has 1 aromatic heterocycles. The number of hydrogen-bond donors (Lipinski definition) is 1. The normalized spacial score (nSPS) is 19.7. The minimum absolute atomic E-state index is 0.00415. The minimum Gasteiger partial charge on any atom is -0.372 e. The molecule has 1 amide bonds. The summed E-state index contributed by atoms with van der Waals surface area (Å²) < 4.78 is 0. The summed E-state index contributed by atoms with van der Waals surface area (Å²) in [5.74, 6) is 1.03. The lowest BCUT2D eigenvalue weighted by Gasteiger charge is -2.30. The van der Waals surface area contributed by atoms with Crippen LogP contribution in [0.5, 0.6) is 0 Å². The fourth-order valence-electron chi connectivity index (χ4n) is 4.13. The van der Waals surface area contributed by atoms with Crippen LogP contribution in [0, 0.1) is 12.8 Å². The number of piperidine rings is 1. The fourth-order valence-corrected chi connectivity index (χ4v) is 4.13. The molecule has 1 unspecified atom stereocenters. The summed E-state index contributed by atoms with van der Waals surface area (Å²) >= 11 is 0. The molecule has 6 heteroatoms. The second-order valence-electron chi connectivity index (χ2n) is 8.08. The Bertz CT molecular complexity index is 829. The summed E-state index contributed by atoms with van der Waals surface area (Å²) in [6.07, 6.45) is 4.78. The molecule has 4 rings (SSSR count). The van der Waals surface area contributed by atoms with E-state index in [4.69, 9.17) is 0 Å². The van der Waals surface area contributed by atoms with E-state index in [9.17, 15) is 4.79 Å². The topological polar surface area (TPSA) is 61.4 Å². The molecule has 2 aliphatic rings. The van der Waals surface area contributed by atoms with E-state index in [1.165, 1.54) is 24.9 Å². The summed E-state index contributed by atoms with van der Waals surface area (Å²) in [4.78, 5) is 26.2. The highest BCUT2D eigenvalue weighted by molar-refractivity contribution is 5.92. The number of hydrogen-bond acceptors (Lipinski definition) is 5. The van der Waals surface area contributed by atoms with Gasteiger partial charge in [0.15, 0.2) is 0 Å². The molecule has 1 aromatic carbocycles. The standard InChI is InChI=1S/C22H29N5O/c1-16-6-5-13-27(15-16)21(28)20-14-17(2)23-22(25-20)24-18-7-9-19(10-8-18)26-11-3-4-12-26/h7-10,14,16H,3-6,11-13,15H2,1-2H3,(H,23,24,25). The molecule has 2 fully saturated rings. The van der Waals surface area contributed by atoms with Crippen LogP contribution in [0.4, 0.5) is 17.3 Å². The van der Waals surface area contributed by atoms with Gasteiger partial charge in [-0.2, -0.15) is 0 Å². The zero-order valence-electron chi connectivity index (χ0n) is 16.8. The number of nitrogens with one attached hydrogen (secondary N) is 1. The van der Waals surface area contributed by atoms with Crippen LogP contribution in [0.2, 0.25) is 0 Å². The lowest BCUT2D eigenvalue weighted by molar-refractivity contribution is 0.0677. The smallest absolute Gasteiger partial charge is 0.272 e. The Kier molecular flexibility index (Phi) is 5.46. The van der Waals surface area contributed by atoms with Gasteiger partial charge in [0.2, 0.25) is 5.95 Å². The van der Waals surface area contributed by atoms with Crippen LogP contribution in [-0.4, -0.2) is 47.0 Å². The van der Waals surface area contributed by atoms with Crippen LogP contribution in [-0.2, 0) is 0 Å². The van der Waals surface area contributed by atoms with Crippen molar-refractivity contribution in [3.63, 3.8) is 0 Å². The SMILES string of the molecule is Cc1cc(C(=O)N2CCCC(C)C2)nc(Nc2ccc(N3CCCC3)cc2)n1. The highest BCUT2D eigenvalue weighted by atomic mass is 16.2. The molecule has 1 N–H and O–H groups in total. The number of rotatable bonds is 4. The first-order valence-electron chi connectivity index (χ1n) is 10.4. The van der Waals surface area contributed by atoms with Gasteiger partial charge >= 0.3 is 0 Å². The molecule has 0 bridgehead atoms. The molecule has 0 saturated carbocycles. The number of carbonyl (C=O) groups excluding carboxylic acids is 1. The molecule has 0 aliphatic carbocycles. The molecule has 0 radical (unpaired) electrons. The predicted octanol–water partition coefficient (Wildman–Crippen LogP) is 4.00. The Hall–Kier alpha value is -2.63. The van der Waals surface area contributed by atoms with Crippen LogP contribution in [0.1, 0.15) is 48.8 Å². The van der Waals surface area contributed by atoms with Gasteiger partial charge in [-0.25, -0.2) is 9.97 Å². The van der Waals surface area contributed by atoms with E-state index in [0.29, 0.717) is 17.6 Å². The van der Waals surface area contributed by atoms with Crippen LogP contribution in [0.25, 0.3) is 0 Å². The van der Waals surface area contributed by atoms with E-state index < -0.39 is 0 Å². The van der Waals surface area contributed by atoms with Crippen LogP contribution in [0.3, 0.4) is 0 Å². The number of aromatic nitrogens is 2. The minimum atomic E-state index is 0.00415. The molecule has 2 aromatic rings. The van der Waals surface area contributed by atoms with E-state index in [-0.39, 0.29) is 5.91 Å². The van der Waals surface area contributed by atoms with Gasteiger partial charge in [0, 0.05) is 43.2 Å². The first kappa shape index (κ1) is 18.7. The van der Waals surface area contributed by atoms with Gasteiger partial charge in [-0.1, -0.05) is 6.92 Å². The molecule has 148 valence electrons. The average Bonchev–Trinajstić information content (AvgIpc) is 3.22. The van der Waals surface area contributed by atoms with Gasteiger partial charge in [0.05, 0.1) is 0 Å². The zero-order valence-corrected chi connectivity index (χ0v) is 16.8. The first-order chi connectivity index (χ1) is 13.6. The quantitative estimate of drug-likeness (QED) is 0.870. The van der Waals surface area contributed by atoms with Gasteiger partial charge in [-0.3, -0.25) is 4.79 Å². The molecule has 2 saturated heterocycles. The Labute approximate surface area is 167 Å². The number of nitrogens with zero attached hydrogens (tertiary/aromatic N) is 4. The number of anilines is 3. The van der Waals surface area contributed by atoms with Crippen molar-refractivity contribution >= 4 is 23.2 Å². The van der Waals surface area contributed by atoms with Gasteiger partial charge < -0.3 is 15.1 Å². The molecular formula is C22H29N5O. The summed E-state index contributed by atoms with van der Waals surface area (Å²) in [6, 6.07) is 10.1. The highest BCUT2D eigenvalue weighted by Gasteiger charge is 2.23. The van der Waals surface area contributed by atoms with Gasteiger partial charge in [-0.05, 0) is 68.9 Å². The lowest BCUT2D eigenvalue weighted by Crippen LogP contribution is -2.39. The van der Waals surface area contributed by atoms with Crippen molar-refractivity contribution < 1.29 is 4.79 Å².